The molecule has 6 heteroatoms. The first-order chi connectivity index (χ1) is 10.1. The van der Waals surface area contributed by atoms with Crippen molar-refractivity contribution in [1.82, 2.24) is 4.98 Å². The molecule has 0 unspecified atom stereocenters. The SMILES string of the molecule is O=[N+]([O-])c1ccc(C=Cc2cc(Cl)c3ccccc3n2)o1. The van der Waals surface area contributed by atoms with E-state index in [9.17, 15) is 10.1 Å². The van der Waals surface area contributed by atoms with Crippen LogP contribution in [0.2, 0.25) is 5.02 Å². The molecule has 0 bridgehead atoms. The molecule has 0 N–H and O–H groups in total. The summed E-state index contributed by atoms with van der Waals surface area (Å²) in [7, 11) is 0. The summed E-state index contributed by atoms with van der Waals surface area (Å²) >= 11 is 6.20. The fourth-order valence-electron chi connectivity index (χ4n) is 1.93. The van der Waals surface area contributed by atoms with Crippen LogP contribution in [0.15, 0.2) is 46.9 Å². The van der Waals surface area contributed by atoms with Gasteiger partial charge in [0.2, 0.25) is 0 Å². The smallest absolute Gasteiger partial charge is 0.401 e. The Balaban J connectivity index is 1.93. The predicted octanol–water partition coefficient (Wildman–Crippen LogP) is 4.56. The molecule has 2 heterocycles. The molecule has 104 valence electrons. The van der Waals surface area contributed by atoms with Crippen molar-refractivity contribution in [2.24, 2.45) is 0 Å². The van der Waals surface area contributed by atoms with Crippen LogP contribution in [-0.2, 0) is 0 Å². The largest absolute Gasteiger partial charge is 0.433 e. The Morgan fingerprint density at radius 2 is 2.00 bits per heavy atom. The number of fused-ring (bicyclic) bond motifs is 1. The Bertz CT molecular complexity index is 855. The van der Waals surface area contributed by atoms with Crippen LogP contribution in [-0.4, -0.2) is 9.91 Å². The van der Waals surface area contributed by atoms with Gasteiger partial charge >= 0.3 is 5.88 Å². The van der Waals surface area contributed by atoms with Crippen molar-refractivity contribution < 1.29 is 9.34 Å². The molecule has 0 aliphatic rings. The zero-order valence-electron chi connectivity index (χ0n) is 10.7. The number of furan rings is 1. The highest BCUT2D eigenvalue weighted by atomic mass is 35.5. The van der Waals surface area contributed by atoms with Gasteiger partial charge in [-0.05, 0) is 30.4 Å². The molecular formula is C15H9ClN2O3. The van der Waals surface area contributed by atoms with E-state index in [1.807, 2.05) is 24.3 Å². The first kappa shape index (κ1) is 13.3. The second-order valence-corrected chi connectivity index (χ2v) is 4.72. The molecule has 0 amide bonds. The highest BCUT2D eigenvalue weighted by Crippen LogP contribution is 2.24. The summed E-state index contributed by atoms with van der Waals surface area (Å²) < 4.78 is 5.04. The molecule has 3 rings (SSSR count). The first-order valence-corrected chi connectivity index (χ1v) is 6.49. The Morgan fingerprint density at radius 1 is 1.19 bits per heavy atom. The van der Waals surface area contributed by atoms with Crippen molar-refractivity contribution in [3.05, 3.63) is 69.1 Å². The normalized spacial score (nSPS) is 11.3. The number of rotatable bonds is 3. The highest BCUT2D eigenvalue weighted by molar-refractivity contribution is 6.35. The molecule has 2 aromatic heterocycles. The van der Waals surface area contributed by atoms with Gasteiger partial charge in [0, 0.05) is 5.39 Å². The summed E-state index contributed by atoms with van der Waals surface area (Å²) in [6, 6.07) is 12.1. The molecule has 0 radical (unpaired) electrons. The molecule has 21 heavy (non-hydrogen) atoms. The van der Waals surface area contributed by atoms with E-state index in [4.69, 9.17) is 16.0 Å². The first-order valence-electron chi connectivity index (χ1n) is 6.11. The van der Waals surface area contributed by atoms with Gasteiger partial charge in [0.15, 0.2) is 0 Å². The monoisotopic (exact) mass is 300 g/mol. The lowest BCUT2D eigenvalue weighted by Crippen LogP contribution is -1.84. The number of nitrogens with zero attached hydrogens (tertiary/aromatic N) is 2. The van der Waals surface area contributed by atoms with Crippen molar-refractivity contribution in [2.75, 3.05) is 0 Å². The average Bonchev–Trinajstić information content (AvgIpc) is 2.94. The molecular weight excluding hydrogens is 292 g/mol. The van der Waals surface area contributed by atoms with Gasteiger partial charge in [-0.1, -0.05) is 29.8 Å². The molecule has 5 nitrogen and oxygen atoms in total. The summed E-state index contributed by atoms with van der Waals surface area (Å²) in [5.41, 5.74) is 1.44. The standard InChI is InChI=1S/C15H9ClN2O3/c16-13-9-10(17-14-4-2-1-3-12(13)14)5-6-11-7-8-15(21-11)18(19)20/h1-9H. The maximum atomic E-state index is 10.5. The van der Waals surface area contributed by atoms with Crippen LogP contribution in [0.3, 0.4) is 0 Å². The summed E-state index contributed by atoms with van der Waals surface area (Å²) in [6.45, 7) is 0. The Kier molecular flexibility index (Phi) is 3.41. The molecule has 0 atom stereocenters. The van der Waals surface area contributed by atoms with Crippen LogP contribution >= 0.6 is 11.6 Å². The fraction of sp³-hybridized carbons (Fsp3) is 0. The molecule has 0 spiro atoms. The number of hydrogen-bond acceptors (Lipinski definition) is 4. The third kappa shape index (κ3) is 2.78. The number of hydrogen-bond donors (Lipinski definition) is 0. The van der Waals surface area contributed by atoms with Crippen molar-refractivity contribution in [3.63, 3.8) is 0 Å². The zero-order valence-corrected chi connectivity index (χ0v) is 11.4. The van der Waals surface area contributed by atoms with Crippen molar-refractivity contribution in [1.29, 1.82) is 0 Å². The lowest BCUT2D eigenvalue weighted by Gasteiger charge is -2.01. The lowest BCUT2D eigenvalue weighted by atomic mass is 10.2. The number of para-hydroxylation sites is 1. The molecule has 0 saturated carbocycles. The number of nitro groups is 1. The summed E-state index contributed by atoms with van der Waals surface area (Å²) in [4.78, 5) is 14.4. The van der Waals surface area contributed by atoms with E-state index in [0.717, 1.165) is 10.9 Å². The van der Waals surface area contributed by atoms with E-state index in [1.54, 1.807) is 18.2 Å². The quantitative estimate of drug-likeness (QED) is 0.525. The van der Waals surface area contributed by atoms with E-state index in [2.05, 4.69) is 4.98 Å². The van der Waals surface area contributed by atoms with E-state index in [0.29, 0.717) is 16.5 Å². The summed E-state index contributed by atoms with van der Waals surface area (Å²) in [6.07, 6.45) is 3.31. The number of pyridine rings is 1. The van der Waals surface area contributed by atoms with Gasteiger partial charge in [-0.25, -0.2) is 4.98 Å². The lowest BCUT2D eigenvalue weighted by molar-refractivity contribution is -0.402. The van der Waals surface area contributed by atoms with Gasteiger partial charge in [-0.2, -0.15) is 0 Å². The second-order valence-electron chi connectivity index (χ2n) is 4.31. The third-order valence-corrected chi connectivity index (χ3v) is 3.21. The average molecular weight is 301 g/mol. The van der Waals surface area contributed by atoms with Gasteiger partial charge in [-0.15, -0.1) is 0 Å². The van der Waals surface area contributed by atoms with Crippen LogP contribution in [0.4, 0.5) is 5.88 Å². The highest BCUT2D eigenvalue weighted by Gasteiger charge is 2.10. The Morgan fingerprint density at radius 3 is 2.76 bits per heavy atom. The van der Waals surface area contributed by atoms with E-state index in [-0.39, 0.29) is 5.88 Å². The molecule has 0 fully saturated rings. The number of halogens is 1. The summed E-state index contributed by atoms with van der Waals surface area (Å²) in [5.74, 6) is 0.0898. The fourth-order valence-corrected chi connectivity index (χ4v) is 2.21. The van der Waals surface area contributed by atoms with E-state index in [1.165, 1.54) is 12.1 Å². The van der Waals surface area contributed by atoms with Crippen molar-refractivity contribution >= 4 is 40.5 Å². The topological polar surface area (TPSA) is 69.2 Å². The minimum Gasteiger partial charge on any atom is -0.401 e. The maximum absolute atomic E-state index is 10.5. The molecule has 0 aliphatic heterocycles. The number of aromatic nitrogens is 1. The van der Waals surface area contributed by atoms with Gasteiger partial charge < -0.3 is 4.42 Å². The third-order valence-electron chi connectivity index (χ3n) is 2.90. The van der Waals surface area contributed by atoms with Crippen LogP contribution in [0.5, 0.6) is 0 Å². The molecule has 0 aliphatic carbocycles. The maximum Gasteiger partial charge on any atom is 0.433 e. The second kappa shape index (κ2) is 5.38. The zero-order chi connectivity index (χ0) is 14.8. The Hall–Kier alpha value is -2.66. The van der Waals surface area contributed by atoms with Crippen LogP contribution in [0.25, 0.3) is 23.1 Å². The van der Waals surface area contributed by atoms with Crippen LogP contribution in [0.1, 0.15) is 11.5 Å². The predicted molar refractivity (Wildman–Crippen MR) is 81.0 cm³/mol. The van der Waals surface area contributed by atoms with E-state index >= 15 is 0 Å². The van der Waals surface area contributed by atoms with Gasteiger partial charge in [-0.3, -0.25) is 10.1 Å². The van der Waals surface area contributed by atoms with Gasteiger partial charge in [0.05, 0.1) is 22.3 Å². The molecule has 1 aromatic carbocycles. The van der Waals surface area contributed by atoms with Crippen LogP contribution < -0.4 is 0 Å². The van der Waals surface area contributed by atoms with Gasteiger partial charge in [0.1, 0.15) is 10.7 Å². The van der Waals surface area contributed by atoms with Crippen molar-refractivity contribution in [3.8, 4) is 0 Å². The minimum absolute atomic E-state index is 0.292. The minimum atomic E-state index is -0.581. The molecule has 0 saturated heterocycles. The summed E-state index contributed by atoms with van der Waals surface area (Å²) in [5, 5.41) is 12.0. The van der Waals surface area contributed by atoms with Crippen molar-refractivity contribution in [2.45, 2.75) is 0 Å². The molecule has 3 aromatic rings. The Labute approximate surface area is 124 Å². The number of benzene rings is 1. The van der Waals surface area contributed by atoms with E-state index < -0.39 is 4.92 Å². The van der Waals surface area contributed by atoms with Gasteiger partial charge in [0.25, 0.3) is 0 Å². The van der Waals surface area contributed by atoms with Crippen LogP contribution in [0, 0.1) is 10.1 Å².